The predicted octanol–water partition coefficient (Wildman–Crippen LogP) is 2.95. The molecule has 1 saturated heterocycles. The Morgan fingerprint density at radius 2 is 1.78 bits per heavy atom. The number of carbonyl (C=O) groups is 3. The van der Waals surface area contributed by atoms with Gasteiger partial charge in [-0.25, -0.2) is 0 Å². The third-order valence-corrected chi connectivity index (χ3v) is 10.4. The first-order valence-corrected chi connectivity index (χ1v) is 16.5. The van der Waals surface area contributed by atoms with Crippen molar-refractivity contribution in [2.45, 2.75) is 75.8 Å². The van der Waals surface area contributed by atoms with E-state index in [0.717, 1.165) is 18.7 Å². The number of methoxy groups -OCH3 is 1. The van der Waals surface area contributed by atoms with Crippen molar-refractivity contribution in [3.63, 3.8) is 0 Å². The Bertz CT molecular complexity index is 1960. The molecule has 6 atom stereocenters. The second kappa shape index (κ2) is 13.6. The van der Waals surface area contributed by atoms with Gasteiger partial charge in [0.2, 0.25) is 5.78 Å². The van der Waals surface area contributed by atoms with Gasteiger partial charge < -0.3 is 44.6 Å². The number of ether oxygens (including phenoxy) is 3. The van der Waals surface area contributed by atoms with Gasteiger partial charge in [0.15, 0.2) is 17.9 Å². The van der Waals surface area contributed by atoms with Crippen LogP contribution in [0.2, 0.25) is 0 Å². The van der Waals surface area contributed by atoms with Crippen molar-refractivity contribution in [3.8, 4) is 17.2 Å². The van der Waals surface area contributed by atoms with Crippen LogP contribution >= 0.6 is 12.4 Å². The zero-order chi connectivity index (χ0) is 35.6. The van der Waals surface area contributed by atoms with Crippen molar-refractivity contribution in [2.24, 2.45) is 4.99 Å². The number of nitrogens with zero attached hydrogens (tertiary/aromatic N) is 2. The molecule has 5 N–H and O–H groups in total. The summed E-state index contributed by atoms with van der Waals surface area (Å²) in [6.45, 7) is 3.21. The van der Waals surface area contributed by atoms with Gasteiger partial charge in [-0.1, -0.05) is 30.3 Å². The molecule has 0 amide bonds. The lowest BCUT2D eigenvalue weighted by Crippen LogP contribution is -2.50. The molecule has 14 heteroatoms. The van der Waals surface area contributed by atoms with Crippen LogP contribution in [0, 0.1) is 0 Å². The summed E-state index contributed by atoms with van der Waals surface area (Å²) < 4.78 is 17.7. The van der Waals surface area contributed by atoms with E-state index in [-0.39, 0.29) is 46.8 Å². The van der Waals surface area contributed by atoms with Crippen molar-refractivity contribution in [1.29, 1.82) is 0 Å². The summed E-state index contributed by atoms with van der Waals surface area (Å²) in [5.41, 5.74) is -1.42. The molecule has 2 heterocycles. The van der Waals surface area contributed by atoms with Gasteiger partial charge in [-0.2, -0.15) is 0 Å². The van der Waals surface area contributed by atoms with Crippen LogP contribution in [-0.4, -0.2) is 99.1 Å². The molecule has 0 saturated carbocycles. The number of ketones is 3. The van der Waals surface area contributed by atoms with Crippen molar-refractivity contribution in [1.82, 2.24) is 0 Å². The molecule has 1 fully saturated rings. The van der Waals surface area contributed by atoms with Crippen LogP contribution in [0.4, 0.5) is 5.69 Å². The number of fused-ring (bicyclic) bond motifs is 4. The number of phenolic OH excluding ortho intramolecular Hbond substituents is 2. The van der Waals surface area contributed by atoms with Crippen molar-refractivity contribution < 1.29 is 54.1 Å². The predicted molar refractivity (Wildman–Crippen MR) is 185 cm³/mol. The normalized spacial score (nSPS) is 26.8. The summed E-state index contributed by atoms with van der Waals surface area (Å²) in [6, 6.07) is 11.7. The topological polar surface area (TPSA) is 196 Å². The molecule has 0 aromatic heterocycles. The van der Waals surface area contributed by atoms with Crippen LogP contribution in [0.3, 0.4) is 0 Å². The molecule has 4 aliphatic rings. The standard InChI is InChI=1S/C37H38N2O11.ClH/c1-17-32(42)22(38-18(2)39-12-11-19-7-4-5-9-23(19)39)13-27(49-17)50-25-15-37(47,26(41)16-40)14-21-29(25)36(46)31-30(34(21)44)33(43)20-8-6-10-24(48-3)28(20)35(31)45;/h4-10,17,22,25,27,32,40,42,44,46-47H,11-16H2,1-3H3;1H/t17?,22-,25-,27?,32+,37?;/m0./s1. The molecular formula is C37H39ClN2O11. The lowest BCUT2D eigenvalue weighted by molar-refractivity contribution is -0.247. The van der Waals surface area contributed by atoms with E-state index in [9.17, 15) is 39.9 Å². The maximum Gasteiger partial charge on any atom is 0.202 e. The Morgan fingerprint density at radius 3 is 2.51 bits per heavy atom. The van der Waals surface area contributed by atoms with Crippen molar-refractivity contribution in [3.05, 3.63) is 81.4 Å². The lowest BCUT2D eigenvalue weighted by atomic mass is 9.72. The summed E-state index contributed by atoms with van der Waals surface area (Å²) in [5, 5.41) is 55.8. The van der Waals surface area contributed by atoms with E-state index >= 15 is 0 Å². The number of aliphatic imine (C=N–C) groups is 1. The highest BCUT2D eigenvalue weighted by Gasteiger charge is 2.50. The van der Waals surface area contributed by atoms with Gasteiger partial charge in [-0.15, -0.1) is 12.4 Å². The summed E-state index contributed by atoms with van der Waals surface area (Å²) in [4.78, 5) is 47.5. The highest BCUT2D eigenvalue weighted by Crippen LogP contribution is 2.52. The molecule has 13 nitrogen and oxygen atoms in total. The first-order valence-electron chi connectivity index (χ1n) is 16.5. The van der Waals surface area contributed by atoms with Gasteiger partial charge in [0.05, 0.1) is 42.0 Å². The van der Waals surface area contributed by atoms with Gasteiger partial charge >= 0.3 is 0 Å². The molecule has 0 radical (unpaired) electrons. The molecule has 0 spiro atoms. The number of para-hydroxylation sites is 1. The number of halogens is 1. The number of hydrogen-bond acceptors (Lipinski definition) is 12. The number of amidine groups is 1. The van der Waals surface area contributed by atoms with Gasteiger partial charge in [0.25, 0.3) is 0 Å². The first-order chi connectivity index (χ1) is 23.9. The van der Waals surface area contributed by atoms with Crippen LogP contribution < -0.4 is 9.64 Å². The molecule has 270 valence electrons. The number of aromatic hydroxyl groups is 2. The van der Waals surface area contributed by atoms with Crippen LogP contribution in [0.25, 0.3) is 0 Å². The van der Waals surface area contributed by atoms with E-state index in [0.29, 0.717) is 5.84 Å². The molecular weight excluding hydrogens is 684 g/mol. The third kappa shape index (κ3) is 5.87. The maximum atomic E-state index is 13.9. The molecule has 2 aliphatic carbocycles. The highest BCUT2D eigenvalue weighted by atomic mass is 35.5. The van der Waals surface area contributed by atoms with Gasteiger partial charge in [0, 0.05) is 48.2 Å². The monoisotopic (exact) mass is 722 g/mol. The zero-order valence-electron chi connectivity index (χ0n) is 28.2. The first kappa shape index (κ1) is 36.4. The van der Waals surface area contributed by atoms with E-state index in [2.05, 4.69) is 11.0 Å². The Hall–Kier alpha value is -4.37. The molecule has 0 bridgehead atoms. The Labute approximate surface area is 299 Å². The van der Waals surface area contributed by atoms with Gasteiger partial charge in [0.1, 0.15) is 41.4 Å². The van der Waals surface area contributed by atoms with Gasteiger partial charge in [-0.3, -0.25) is 19.4 Å². The van der Waals surface area contributed by atoms with Crippen LogP contribution in [0.15, 0.2) is 47.5 Å². The van der Waals surface area contributed by atoms with Crippen molar-refractivity contribution >= 4 is 41.3 Å². The summed E-state index contributed by atoms with van der Waals surface area (Å²) in [6.07, 6.45) is -4.41. The summed E-state index contributed by atoms with van der Waals surface area (Å²) in [7, 11) is 1.33. The second-order valence-electron chi connectivity index (χ2n) is 13.3. The van der Waals surface area contributed by atoms with Crippen LogP contribution in [0.5, 0.6) is 17.2 Å². The lowest BCUT2D eigenvalue weighted by Gasteiger charge is -2.42. The fourth-order valence-corrected chi connectivity index (χ4v) is 7.80. The molecule has 3 aromatic carbocycles. The van der Waals surface area contributed by atoms with E-state index in [4.69, 9.17) is 19.2 Å². The molecule has 3 aromatic rings. The van der Waals surface area contributed by atoms with E-state index in [1.807, 2.05) is 25.1 Å². The molecule has 51 heavy (non-hydrogen) atoms. The number of benzene rings is 3. The molecule has 2 aliphatic heterocycles. The maximum absolute atomic E-state index is 13.9. The fraction of sp³-hybridized carbons (Fsp3) is 0.405. The number of Topliss-reactive ketones (excluding diaryl/α,β-unsaturated/α-hetero) is 1. The minimum absolute atomic E-state index is 0. The third-order valence-electron chi connectivity index (χ3n) is 10.4. The van der Waals surface area contributed by atoms with Crippen LogP contribution in [0.1, 0.15) is 81.3 Å². The number of hydrogen-bond donors (Lipinski definition) is 5. The zero-order valence-corrected chi connectivity index (χ0v) is 29.0. The van der Waals surface area contributed by atoms with Crippen molar-refractivity contribution in [2.75, 3.05) is 25.2 Å². The number of phenols is 2. The van der Waals surface area contributed by atoms with E-state index < -0.39 is 95.7 Å². The Kier molecular flexibility index (Phi) is 9.74. The number of carbonyl (C=O) groups excluding carboxylic acids is 3. The fourth-order valence-electron chi connectivity index (χ4n) is 7.80. The minimum atomic E-state index is -2.27. The quantitative estimate of drug-likeness (QED) is 0.111. The SMILES string of the molecule is COc1cccc2c1C(=O)c1c(O)c3c(c(O)c1C2=O)CC(O)(C(=O)CO)C[C@@H]3OC1C[C@H](N=C(C)N2CCc3ccccc32)[C@H](O)C(C)O1.Cl. The average molecular weight is 723 g/mol. The largest absolute Gasteiger partial charge is 0.507 e. The van der Waals surface area contributed by atoms with E-state index in [1.54, 1.807) is 6.92 Å². The number of aliphatic hydroxyl groups excluding tert-OH is 2. The Balaban J connectivity index is 0.00000448. The number of rotatable bonds is 6. The summed E-state index contributed by atoms with van der Waals surface area (Å²) in [5.74, 6) is -3.08. The molecule has 7 rings (SSSR count). The van der Waals surface area contributed by atoms with E-state index in [1.165, 1.54) is 30.9 Å². The smallest absolute Gasteiger partial charge is 0.202 e. The molecule has 3 unspecified atom stereocenters. The average Bonchev–Trinajstić information content (AvgIpc) is 3.54. The summed E-state index contributed by atoms with van der Waals surface area (Å²) >= 11 is 0. The Morgan fingerprint density at radius 1 is 1.06 bits per heavy atom. The number of aliphatic hydroxyl groups is 3. The minimum Gasteiger partial charge on any atom is -0.507 e. The van der Waals surface area contributed by atoms with Gasteiger partial charge in [-0.05, 0) is 38.0 Å². The highest BCUT2D eigenvalue weighted by molar-refractivity contribution is 6.31. The second-order valence-corrected chi connectivity index (χ2v) is 13.3. The van der Waals surface area contributed by atoms with Crippen LogP contribution in [-0.2, 0) is 27.1 Å². The number of anilines is 1.